The van der Waals surface area contributed by atoms with Crippen LogP contribution in [0, 0.1) is 25.7 Å². The molecule has 3 aromatic heterocycles. The summed E-state index contributed by atoms with van der Waals surface area (Å²) in [4.78, 5) is 29.9. The quantitative estimate of drug-likeness (QED) is 0.387. The van der Waals surface area contributed by atoms with Crippen LogP contribution in [-0.4, -0.2) is 68.3 Å². The van der Waals surface area contributed by atoms with Gasteiger partial charge < -0.3 is 10.2 Å². The minimum atomic E-state index is -4.55. The van der Waals surface area contributed by atoms with Crippen LogP contribution in [0.15, 0.2) is 49.1 Å². The number of benzene rings is 1. The van der Waals surface area contributed by atoms with Crippen LogP contribution < -0.4 is 5.32 Å². The number of hydrogen-bond acceptors (Lipinski definition) is 6. The lowest BCUT2D eigenvalue weighted by Gasteiger charge is -2.33. The lowest BCUT2D eigenvalue weighted by Crippen LogP contribution is -2.44. The fourth-order valence-electron chi connectivity index (χ4n) is 4.45. The zero-order chi connectivity index (χ0) is 28.4. The third-order valence-corrected chi connectivity index (χ3v) is 6.94. The molecule has 1 aliphatic heterocycles. The molecule has 1 aromatic carbocycles. The number of alkyl halides is 3. The highest BCUT2D eigenvalue weighted by Gasteiger charge is 2.34. The van der Waals surface area contributed by atoms with E-state index in [4.69, 9.17) is 0 Å². The minimum absolute atomic E-state index is 0.0554. The number of nitrogens with one attached hydrogen (secondary N) is 1. The maximum atomic E-state index is 13.9. The summed E-state index contributed by atoms with van der Waals surface area (Å²) in [6.45, 7) is 7.07. The molecule has 0 bridgehead atoms. The molecule has 11 heteroatoms. The fourth-order valence-corrected chi connectivity index (χ4v) is 4.45. The molecule has 1 aliphatic rings. The van der Waals surface area contributed by atoms with Crippen LogP contribution in [-0.2, 0) is 12.7 Å². The molecule has 1 N–H and O–H groups in total. The lowest BCUT2D eigenvalue weighted by molar-refractivity contribution is -0.138. The van der Waals surface area contributed by atoms with E-state index in [9.17, 15) is 18.0 Å². The molecule has 5 rings (SSSR count). The molecule has 1 amide bonds. The largest absolute Gasteiger partial charge is 0.416 e. The van der Waals surface area contributed by atoms with E-state index in [1.165, 1.54) is 24.5 Å². The van der Waals surface area contributed by atoms with Gasteiger partial charge in [-0.05, 0) is 56.1 Å². The van der Waals surface area contributed by atoms with E-state index in [-0.39, 0.29) is 23.4 Å². The Bertz CT molecular complexity index is 1630. The number of likely N-dealkylation sites (N-methyl/N-ethyl adjacent to an activating group) is 1. The Labute approximate surface area is 229 Å². The molecule has 0 aliphatic carbocycles. The Morgan fingerprint density at radius 3 is 2.58 bits per heavy atom. The maximum Gasteiger partial charge on any atom is 0.416 e. The molecule has 0 unspecified atom stereocenters. The number of piperazine rings is 1. The summed E-state index contributed by atoms with van der Waals surface area (Å²) in [5.74, 6) is 5.94. The van der Waals surface area contributed by atoms with Gasteiger partial charge in [-0.15, -0.1) is 0 Å². The highest BCUT2D eigenvalue weighted by molar-refractivity contribution is 6.04. The summed E-state index contributed by atoms with van der Waals surface area (Å²) in [7, 11) is 1.99. The van der Waals surface area contributed by atoms with Crippen LogP contribution in [0.3, 0.4) is 0 Å². The molecular weight excluding hydrogens is 519 g/mol. The number of halogens is 3. The highest BCUT2D eigenvalue weighted by atomic mass is 19.4. The first kappa shape index (κ1) is 27.3. The zero-order valence-corrected chi connectivity index (χ0v) is 22.4. The van der Waals surface area contributed by atoms with Crippen LogP contribution >= 0.6 is 0 Å². The maximum absolute atomic E-state index is 13.9. The molecular formula is C29H28F3N7O. The van der Waals surface area contributed by atoms with Gasteiger partial charge in [0.2, 0.25) is 5.78 Å². The third-order valence-electron chi connectivity index (χ3n) is 6.94. The second-order valence-electron chi connectivity index (χ2n) is 9.94. The normalized spacial score (nSPS) is 14.7. The minimum Gasteiger partial charge on any atom is -0.322 e. The van der Waals surface area contributed by atoms with E-state index in [2.05, 4.69) is 37.0 Å². The summed E-state index contributed by atoms with van der Waals surface area (Å²) in [6.07, 6.45) is 1.82. The van der Waals surface area contributed by atoms with Crippen molar-refractivity contribution >= 4 is 17.4 Å². The first-order valence-electron chi connectivity index (χ1n) is 12.8. The summed E-state index contributed by atoms with van der Waals surface area (Å²) in [6, 6.07) is 5.46. The van der Waals surface area contributed by atoms with E-state index in [1.54, 1.807) is 16.7 Å². The molecule has 0 spiro atoms. The van der Waals surface area contributed by atoms with E-state index >= 15 is 0 Å². The van der Waals surface area contributed by atoms with Gasteiger partial charge in [-0.3, -0.25) is 19.1 Å². The number of amides is 1. The number of carbonyl (C=O) groups excluding carboxylic acids is 1. The first-order chi connectivity index (χ1) is 19.1. The Kier molecular flexibility index (Phi) is 7.56. The topological polar surface area (TPSA) is 78.7 Å². The van der Waals surface area contributed by atoms with E-state index < -0.39 is 17.6 Å². The zero-order valence-electron chi connectivity index (χ0n) is 22.4. The van der Waals surface area contributed by atoms with Gasteiger partial charge in [0.05, 0.1) is 17.3 Å². The smallest absolute Gasteiger partial charge is 0.322 e. The molecule has 40 heavy (non-hydrogen) atoms. The highest BCUT2D eigenvalue weighted by Crippen LogP contribution is 2.34. The Balaban J connectivity index is 1.33. The SMILES string of the molecule is Cc1cn2c(C#Cc3cncc(C(=O)Nc4ccc(CN5CCN(C)CC5)c(C(F)(F)F)c4)c3)cnc2nc1C. The van der Waals surface area contributed by atoms with Gasteiger partial charge in [-0.2, -0.15) is 13.2 Å². The summed E-state index contributed by atoms with van der Waals surface area (Å²) < 4.78 is 43.6. The van der Waals surface area contributed by atoms with Gasteiger partial charge in [-0.25, -0.2) is 9.97 Å². The second-order valence-corrected chi connectivity index (χ2v) is 9.94. The summed E-state index contributed by atoms with van der Waals surface area (Å²) in [5, 5.41) is 2.57. The van der Waals surface area contributed by atoms with Crippen LogP contribution in [0.5, 0.6) is 0 Å². The molecule has 0 atom stereocenters. The van der Waals surface area contributed by atoms with E-state index in [0.29, 0.717) is 30.1 Å². The number of aromatic nitrogens is 4. The predicted octanol–water partition coefficient (Wildman–Crippen LogP) is 4.16. The van der Waals surface area contributed by atoms with Crippen molar-refractivity contribution in [3.05, 3.63) is 88.3 Å². The molecule has 8 nitrogen and oxygen atoms in total. The van der Waals surface area contributed by atoms with Crippen molar-refractivity contribution in [3.8, 4) is 11.8 Å². The van der Waals surface area contributed by atoms with Crippen LogP contribution in [0.1, 0.15) is 44.0 Å². The van der Waals surface area contributed by atoms with Gasteiger partial charge in [0.15, 0.2) is 0 Å². The number of nitrogens with zero attached hydrogens (tertiary/aromatic N) is 6. The first-order valence-corrected chi connectivity index (χ1v) is 12.8. The number of aryl methyl sites for hydroxylation is 2. The average molecular weight is 548 g/mol. The van der Waals surface area contributed by atoms with Crippen LogP contribution in [0.25, 0.3) is 5.78 Å². The summed E-state index contributed by atoms with van der Waals surface area (Å²) in [5.41, 5.74) is 2.63. The average Bonchev–Trinajstić information content (AvgIpc) is 3.30. The standard InChI is InChI=1S/C29H28F3N7O/c1-19-17-39-25(16-34-28(39)35-20(19)2)7-4-21-12-23(15-33-14-21)27(40)36-24-6-5-22(26(13-24)29(30,31)32)18-38-10-8-37(3)9-11-38/h5-6,12-17H,8-11,18H2,1-3H3,(H,36,40). The van der Waals surface area contributed by atoms with Gasteiger partial charge in [0, 0.05) is 68.3 Å². The number of carbonyl (C=O) groups is 1. The lowest BCUT2D eigenvalue weighted by atomic mass is 10.0. The monoisotopic (exact) mass is 547 g/mol. The van der Waals surface area contributed by atoms with Crippen molar-refractivity contribution in [2.45, 2.75) is 26.6 Å². The number of rotatable bonds is 4. The Morgan fingerprint density at radius 1 is 1.05 bits per heavy atom. The van der Waals surface area contributed by atoms with Gasteiger partial charge in [-0.1, -0.05) is 12.0 Å². The van der Waals surface area contributed by atoms with Crippen LogP contribution in [0.2, 0.25) is 0 Å². The van der Waals surface area contributed by atoms with Crippen molar-refractivity contribution < 1.29 is 18.0 Å². The van der Waals surface area contributed by atoms with Crippen molar-refractivity contribution in [1.82, 2.24) is 29.2 Å². The molecule has 206 valence electrons. The fraction of sp³-hybridized carbons (Fsp3) is 0.310. The van der Waals surface area contributed by atoms with Crippen molar-refractivity contribution in [3.63, 3.8) is 0 Å². The van der Waals surface area contributed by atoms with Crippen LogP contribution in [0.4, 0.5) is 18.9 Å². The molecule has 1 fully saturated rings. The van der Waals surface area contributed by atoms with E-state index in [0.717, 1.165) is 30.4 Å². The van der Waals surface area contributed by atoms with Gasteiger partial charge in [0.1, 0.15) is 5.69 Å². The number of fused-ring (bicyclic) bond motifs is 1. The number of hydrogen-bond donors (Lipinski definition) is 1. The second kappa shape index (κ2) is 11.1. The number of anilines is 1. The van der Waals surface area contributed by atoms with Gasteiger partial charge in [0.25, 0.3) is 5.91 Å². The molecule has 0 saturated carbocycles. The van der Waals surface area contributed by atoms with Crippen molar-refractivity contribution in [1.29, 1.82) is 0 Å². The Hall–Kier alpha value is -4.27. The molecule has 4 heterocycles. The predicted molar refractivity (Wildman–Crippen MR) is 145 cm³/mol. The van der Waals surface area contributed by atoms with Crippen molar-refractivity contribution in [2.75, 3.05) is 38.5 Å². The summed E-state index contributed by atoms with van der Waals surface area (Å²) >= 11 is 0. The molecule has 4 aromatic rings. The molecule has 1 saturated heterocycles. The Morgan fingerprint density at radius 2 is 1.82 bits per heavy atom. The molecule has 0 radical (unpaired) electrons. The third kappa shape index (κ3) is 6.14. The van der Waals surface area contributed by atoms with Crippen molar-refractivity contribution in [2.24, 2.45) is 0 Å². The number of imidazole rings is 1. The van der Waals surface area contributed by atoms with Gasteiger partial charge >= 0.3 is 6.18 Å². The van der Waals surface area contributed by atoms with E-state index in [1.807, 2.05) is 32.0 Å². The number of pyridine rings is 1.